The van der Waals surface area contributed by atoms with Crippen molar-refractivity contribution in [1.82, 2.24) is 5.32 Å². The first-order valence-electron chi connectivity index (χ1n) is 10.6. The Labute approximate surface area is 192 Å². The Kier molecular flexibility index (Phi) is 6.19. The van der Waals surface area contributed by atoms with E-state index >= 15 is 0 Å². The first-order chi connectivity index (χ1) is 14.8. The lowest BCUT2D eigenvalue weighted by molar-refractivity contribution is -0.155. The van der Waals surface area contributed by atoms with E-state index in [2.05, 4.69) is 5.32 Å². The van der Waals surface area contributed by atoms with E-state index in [0.717, 1.165) is 17.3 Å². The number of carboxylic acid groups (broad SMARTS) is 2. The zero-order valence-electron chi connectivity index (χ0n) is 19.2. The summed E-state index contributed by atoms with van der Waals surface area (Å²) in [6.07, 6.45) is 0.478. The number of amides is 1. The first kappa shape index (κ1) is 24.2. The average Bonchev–Trinajstić information content (AvgIpc) is 3.25. The Bertz CT molecular complexity index is 943. The third-order valence-electron chi connectivity index (χ3n) is 7.05. The Morgan fingerprint density at radius 1 is 1.19 bits per heavy atom. The smallest absolute Gasteiger partial charge is 0.320 e. The van der Waals surface area contributed by atoms with Gasteiger partial charge in [0.2, 0.25) is 12.7 Å². The topological polar surface area (TPSA) is 122 Å². The van der Waals surface area contributed by atoms with Gasteiger partial charge in [0.1, 0.15) is 4.75 Å². The van der Waals surface area contributed by atoms with Crippen molar-refractivity contribution in [2.45, 2.75) is 64.0 Å². The zero-order chi connectivity index (χ0) is 24.1. The fraction of sp³-hybridized carbons (Fsp3) is 0.609. The van der Waals surface area contributed by atoms with Gasteiger partial charge in [0.25, 0.3) is 0 Å². The Morgan fingerprint density at radius 3 is 2.34 bits per heavy atom. The molecule has 2 aliphatic rings. The molecule has 2 aliphatic heterocycles. The van der Waals surface area contributed by atoms with Crippen LogP contribution >= 0.6 is 11.8 Å². The van der Waals surface area contributed by atoms with Gasteiger partial charge in [-0.15, -0.1) is 11.8 Å². The van der Waals surface area contributed by atoms with E-state index < -0.39 is 44.7 Å². The van der Waals surface area contributed by atoms with E-state index in [-0.39, 0.29) is 12.7 Å². The van der Waals surface area contributed by atoms with E-state index in [4.69, 9.17) is 9.47 Å². The fourth-order valence-corrected chi connectivity index (χ4v) is 6.85. The highest BCUT2D eigenvalue weighted by molar-refractivity contribution is 8.02. The molecule has 1 saturated heterocycles. The number of carbonyl (C=O) groups is 3. The van der Waals surface area contributed by atoms with Gasteiger partial charge in [-0.3, -0.25) is 14.4 Å². The molecule has 0 aromatic heterocycles. The van der Waals surface area contributed by atoms with Crippen LogP contribution in [0.2, 0.25) is 0 Å². The summed E-state index contributed by atoms with van der Waals surface area (Å²) in [4.78, 5) is 38.2. The van der Waals surface area contributed by atoms with Gasteiger partial charge >= 0.3 is 11.9 Å². The normalized spacial score (nSPS) is 30.1. The van der Waals surface area contributed by atoms with E-state index in [0.29, 0.717) is 17.9 Å². The van der Waals surface area contributed by atoms with Crippen molar-refractivity contribution < 1.29 is 34.1 Å². The lowest BCUT2D eigenvalue weighted by Gasteiger charge is -2.42. The molecule has 1 aromatic carbocycles. The number of fused-ring (bicyclic) bond motifs is 1. The number of rotatable bonds is 6. The van der Waals surface area contributed by atoms with E-state index in [1.807, 2.05) is 6.92 Å². The Balaban J connectivity index is 1.95. The second kappa shape index (κ2) is 8.17. The van der Waals surface area contributed by atoms with Crippen LogP contribution in [0.5, 0.6) is 11.5 Å². The highest BCUT2D eigenvalue weighted by Crippen LogP contribution is 2.63. The molecule has 0 bridgehead atoms. The molecule has 5 unspecified atom stereocenters. The first-order valence-corrected chi connectivity index (χ1v) is 11.5. The predicted octanol–water partition coefficient (Wildman–Crippen LogP) is 3.69. The molecule has 176 valence electrons. The summed E-state index contributed by atoms with van der Waals surface area (Å²) < 4.78 is 9.36. The summed E-state index contributed by atoms with van der Waals surface area (Å²) in [5.41, 5.74) is -1.50. The van der Waals surface area contributed by atoms with Crippen LogP contribution < -0.4 is 14.8 Å². The third kappa shape index (κ3) is 3.50. The molecule has 3 rings (SSSR count). The van der Waals surface area contributed by atoms with Crippen molar-refractivity contribution in [3.05, 3.63) is 23.8 Å². The molecule has 1 amide bonds. The molecule has 8 nitrogen and oxygen atoms in total. The second-order valence-corrected chi connectivity index (χ2v) is 11.0. The molecule has 2 heterocycles. The average molecular weight is 466 g/mol. The lowest BCUT2D eigenvalue weighted by Crippen LogP contribution is -2.54. The summed E-state index contributed by atoms with van der Waals surface area (Å²) in [5.74, 6) is -2.68. The molecule has 0 radical (unpaired) electrons. The van der Waals surface area contributed by atoms with Gasteiger partial charge in [0, 0.05) is 5.92 Å². The van der Waals surface area contributed by atoms with Crippen molar-refractivity contribution >= 4 is 29.6 Å². The minimum atomic E-state index is -1.47. The molecule has 3 N–H and O–H groups in total. The number of benzene rings is 1. The number of hydrogen-bond donors (Lipinski definition) is 3. The van der Waals surface area contributed by atoms with Crippen LogP contribution in [0.25, 0.3) is 0 Å². The van der Waals surface area contributed by atoms with Crippen molar-refractivity contribution in [3.8, 4) is 11.5 Å². The number of carbonyl (C=O) groups excluding carboxylic acids is 1. The van der Waals surface area contributed by atoms with E-state index in [1.54, 1.807) is 45.9 Å². The number of ether oxygens (including phenoxy) is 2. The maximum Gasteiger partial charge on any atom is 0.320 e. The molecular formula is C23H31NO7S. The molecule has 1 aromatic rings. The zero-order valence-corrected chi connectivity index (χ0v) is 20.0. The van der Waals surface area contributed by atoms with E-state index in [9.17, 15) is 24.6 Å². The minimum absolute atomic E-state index is 0.124. The fourth-order valence-electron chi connectivity index (χ4n) is 4.85. The molecule has 9 heteroatoms. The van der Waals surface area contributed by atoms with Gasteiger partial charge in [0.05, 0.1) is 16.7 Å². The SMILES string of the molecule is CCC(C(=O)NC1SC(C(=O)O)(C(C)(C)C)C(C)C1(C)C(=O)O)c1ccc2c(c1)OCO2. The van der Waals surface area contributed by atoms with Gasteiger partial charge in [0.15, 0.2) is 11.5 Å². The van der Waals surface area contributed by atoms with Crippen LogP contribution in [-0.2, 0) is 14.4 Å². The molecule has 0 saturated carbocycles. The van der Waals surface area contributed by atoms with Crippen molar-refractivity contribution in [2.75, 3.05) is 6.79 Å². The van der Waals surface area contributed by atoms with Crippen molar-refractivity contribution in [2.24, 2.45) is 16.7 Å². The lowest BCUT2D eigenvalue weighted by atomic mass is 9.63. The van der Waals surface area contributed by atoms with Crippen LogP contribution in [0.1, 0.15) is 59.4 Å². The van der Waals surface area contributed by atoms with Crippen LogP contribution in [0.4, 0.5) is 0 Å². The third-order valence-corrected chi connectivity index (χ3v) is 9.40. The molecule has 0 aliphatic carbocycles. The number of carboxylic acids is 2. The van der Waals surface area contributed by atoms with Crippen LogP contribution in [0.15, 0.2) is 18.2 Å². The molecule has 1 fully saturated rings. The standard InChI is InChI=1S/C23H31NO7S/c1-7-14(13-8-9-15-16(10-13)31-11-30-15)17(25)24-18-22(6,19(26)27)12(2)23(32-18,20(28)29)21(3,4)5/h8-10,12,14,18H,7,11H2,1-6H3,(H,24,25)(H,26,27)(H,28,29). The Morgan fingerprint density at radius 2 is 1.81 bits per heavy atom. The highest BCUT2D eigenvalue weighted by atomic mass is 32.2. The predicted molar refractivity (Wildman–Crippen MR) is 120 cm³/mol. The summed E-state index contributed by atoms with van der Waals surface area (Å²) in [6, 6.07) is 5.29. The second-order valence-electron chi connectivity index (χ2n) is 9.68. The van der Waals surface area contributed by atoms with Gasteiger partial charge in [-0.25, -0.2) is 0 Å². The van der Waals surface area contributed by atoms with E-state index in [1.165, 1.54) is 6.92 Å². The van der Waals surface area contributed by atoms with Gasteiger partial charge in [-0.1, -0.05) is 40.7 Å². The van der Waals surface area contributed by atoms with Gasteiger partial charge < -0.3 is 25.0 Å². The summed E-state index contributed by atoms with van der Waals surface area (Å²) >= 11 is 1.03. The number of thioether (sulfide) groups is 1. The maximum absolute atomic E-state index is 13.3. The molecule has 0 spiro atoms. The van der Waals surface area contributed by atoms with Crippen LogP contribution in [0, 0.1) is 16.7 Å². The summed E-state index contributed by atoms with van der Waals surface area (Å²) in [7, 11) is 0. The van der Waals surface area contributed by atoms with Gasteiger partial charge in [-0.05, 0) is 36.5 Å². The number of aliphatic carboxylic acids is 2. The van der Waals surface area contributed by atoms with Crippen molar-refractivity contribution in [1.29, 1.82) is 0 Å². The summed E-state index contributed by atoms with van der Waals surface area (Å²) in [6.45, 7) is 10.5. The Hall–Kier alpha value is -2.42. The van der Waals surface area contributed by atoms with Crippen LogP contribution in [-0.4, -0.2) is 45.0 Å². The largest absolute Gasteiger partial charge is 0.481 e. The molecule has 32 heavy (non-hydrogen) atoms. The van der Waals surface area contributed by atoms with Gasteiger partial charge in [-0.2, -0.15) is 0 Å². The maximum atomic E-state index is 13.3. The number of hydrogen-bond acceptors (Lipinski definition) is 6. The monoisotopic (exact) mass is 465 g/mol. The molecular weight excluding hydrogens is 434 g/mol. The van der Waals surface area contributed by atoms with Crippen molar-refractivity contribution in [3.63, 3.8) is 0 Å². The quantitative estimate of drug-likeness (QED) is 0.581. The number of nitrogens with one attached hydrogen (secondary N) is 1. The van der Waals surface area contributed by atoms with Crippen LogP contribution in [0.3, 0.4) is 0 Å². The highest BCUT2D eigenvalue weighted by Gasteiger charge is 2.70. The minimum Gasteiger partial charge on any atom is -0.481 e. The molecule has 5 atom stereocenters. The summed E-state index contributed by atoms with van der Waals surface area (Å²) in [5, 5.41) is 22.3.